The van der Waals surface area contributed by atoms with Crippen LogP contribution in [-0.2, 0) is 5.54 Å². The average Bonchev–Trinajstić information content (AvgIpc) is 2.68. The molecule has 66 valence electrons. The summed E-state index contributed by atoms with van der Waals surface area (Å²) < 4.78 is 2.52. The van der Waals surface area contributed by atoms with Crippen molar-refractivity contribution in [1.82, 2.24) is 20.2 Å². The predicted octanol–water partition coefficient (Wildman–Crippen LogP) is 1.62. The molecule has 1 aliphatic carbocycles. The molecule has 0 saturated heterocycles. The molecule has 0 aliphatic heterocycles. The molecular weight excluding hydrogens is 172 g/mol. The summed E-state index contributed by atoms with van der Waals surface area (Å²) in [5.41, 5.74) is 0.245. The van der Waals surface area contributed by atoms with Crippen LogP contribution in [-0.4, -0.2) is 20.2 Å². The van der Waals surface area contributed by atoms with Gasteiger partial charge in [0.05, 0.1) is 5.54 Å². The first-order chi connectivity index (χ1) is 5.78. The van der Waals surface area contributed by atoms with Gasteiger partial charge >= 0.3 is 0 Å². The second-order valence-corrected chi connectivity index (χ2v) is 3.76. The van der Waals surface area contributed by atoms with Gasteiger partial charge in [0, 0.05) is 0 Å². The Hall–Kier alpha value is -0.710. The third-order valence-electron chi connectivity index (χ3n) is 2.49. The van der Waals surface area contributed by atoms with Crippen molar-refractivity contribution < 1.29 is 0 Å². The smallest absolute Gasteiger partial charge is 0.236 e. The third kappa shape index (κ3) is 1.08. The van der Waals surface area contributed by atoms with Crippen LogP contribution < -0.4 is 0 Å². The monoisotopic (exact) mass is 184 g/mol. The molecule has 1 aliphatic rings. The summed E-state index contributed by atoms with van der Waals surface area (Å²) in [6.07, 6.45) is 4.77. The lowest BCUT2D eigenvalue weighted by Crippen LogP contribution is -2.18. The molecule has 0 bridgehead atoms. The van der Waals surface area contributed by atoms with Crippen molar-refractivity contribution >= 4 is 12.2 Å². The average molecular weight is 184 g/mol. The Bertz CT molecular complexity index is 322. The van der Waals surface area contributed by atoms with E-state index in [-0.39, 0.29) is 5.54 Å². The van der Waals surface area contributed by atoms with E-state index in [9.17, 15) is 0 Å². The second-order valence-electron chi connectivity index (χ2n) is 3.39. The lowest BCUT2D eigenvalue weighted by atomic mass is 10.1. The van der Waals surface area contributed by atoms with E-state index in [1.807, 2.05) is 4.68 Å². The van der Waals surface area contributed by atoms with Crippen molar-refractivity contribution in [2.24, 2.45) is 0 Å². The van der Waals surface area contributed by atoms with Gasteiger partial charge in [0.25, 0.3) is 0 Å². The highest BCUT2D eigenvalue weighted by Crippen LogP contribution is 2.46. The van der Waals surface area contributed by atoms with E-state index in [0.29, 0.717) is 4.77 Å². The fourth-order valence-corrected chi connectivity index (χ4v) is 1.98. The minimum absolute atomic E-state index is 0.245. The third-order valence-corrected chi connectivity index (χ3v) is 2.75. The van der Waals surface area contributed by atoms with E-state index in [0.717, 1.165) is 0 Å². The van der Waals surface area contributed by atoms with Gasteiger partial charge in [0.1, 0.15) is 0 Å². The highest BCUT2D eigenvalue weighted by molar-refractivity contribution is 7.71. The molecule has 0 aromatic carbocycles. The minimum atomic E-state index is 0.245. The van der Waals surface area contributed by atoms with Crippen molar-refractivity contribution in [3.63, 3.8) is 0 Å². The molecule has 4 nitrogen and oxygen atoms in total. The molecule has 2 rings (SSSR count). The van der Waals surface area contributed by atoms with E-state index in [1.54, 1.807) is 0 Å². The zero-order valence-corrected chi connectivity index (χ0v) is 7.89. The Kier molecular flexibility index (Phi) is 1.75. The Labute approximate surface area is 76.0 Å². The van der Waals surface area contributed by atoms with Crippen molar-refractivity contribution in [3.05, 3.63) is 4.77 Å². The summed E-state index contributed by atoms with van der Waals surface area (Å²) in [5.74, 6) is 0. The van der Waals surface area contributed by atoms with Crippen LogP contribution in [0.1, 0.15) is 32.6 Å². The molecule has 1 N–H and O–H groups in total. The number of H-pyrrole nitrogens is 1. The maximum atomic E-state index is 5.05. The van der Waals surface area contributed by atoms with Gasteiger partial charge in [-0.2, -0.15) is 5.21 Å². The van der Waals surface area contributed by atoms with Gasteiger partial charge in [-0.15, -0.1) is 0 Å². The van der Waals surface area contributed by atoms with Crippen LogP contribution in [0.15, 0.2) is 0 Å². The molecule has 0 atom stereocenters. The number of aromatic nitrogens is 4. The first kappa shape index (κ1) is 7.91. The van der Waals surface area contributed by atoms with Gasteiger partial charge in [-0.1, -0.05) is 23.7 Å². The maximum Gasteiger partial charge on any atom is 0.238 e. The maximum absolute atomic E-state index is 5.05. The summed E-state index contributed by atoms with van der Waals surface area (Å²) in [4.78, 5) is 0. The first-order valence-corrected chi connectivity index (χ1v) is 4.70. The van der Waals surface area contributed by atoms with Gasteiger partial charge in [0.15, 0.2) is 0 Å². The minimum Gasteiger partial charge on any atom is -0.236 e. The zero-order valence-electron chi connectivity index (χ0n) is 7.08. The van der Waals surface area contributed by atoms with Gasteiger partial charge in [-0.25, -0.2) is 4.68 Å². The molecule has 1 aromatic heterocycles. The van der Waals surface area contributed by atoms with Crippen LogP contribution in [0.4, 0.5) is 0 Å². The molecule has 1 aromatic rings. The number of tetrazole rings is 1. The summed E-state index contributed by atoms with van der Waals surface area (Å²) in [6.45, 7) is 2.19. The summed E-state index contributed by atoms with van der Waals surface area (Å²) in [7, 11) is 0. The SMILES string of the molecule is CCCC1(n2[nH]nnc2=S)CC1. The number of rotatable bonds is 3. The van der Waals surface area contributed by atoms with Gasteiger partial charge in [0.2, 0.25) is 4.77 Å². The Morgan fingerprint density at radius 2 is 2.42 bits per heavy atom. The molecule has 0 unspecified atom stereocenters. The van der Waals surface area contributed by atoms with E-state index >= 15 is 0 Å². The van der Waals surface area contributed by atoms with Crippen LogP contribution in [0.25, 0.3) is 0 Å². The lowest BCUT2D eigenvalue weighted by molar-refractivity contribution is 0.384. The van der Waals surface area contributed by atoms with Crippen molar-refractivity contribution in [3.8, 4) is 0 Å². The van der Waals surface area contributed by atoms with E-state index in [2.05, 4.69) is 22.4 Å². The second kappa shape index (κ2) is 2.65. The van der Waals surface area contributed by atoms with E-state index in [1.165, 1.54) is 25.7 Å². The van der Waals surface area contributed by atoms with Crippen LogP contribution in [0.2, 0.25) is 0 Å². The molecule has 1 fully saturated rings. The summed E-state index contributed by atoms with van der Waals surface area (Å²) in [5, 5.41) is 10.3. The normalized spacial score (nSPS) is 19.4. The molecule has 5 heteroatoms. The molecule has 1 heterocycles. The summed E-state index contributed by atoms with van der Waals surface area (Å²) in [6, 6.07) is 0. The highest BCUT2D eigenvalue weighted by Gasteiger charge is 2.44. The van der Waals surface area contributed by atoms with Crippen LogP contribution >= 0.6 is 12.2 Å². The largest absolute Gasteiger partial charge is 0.238 e. The van der Waals surface area contributed by atoms with E-state index in [4.69, 9.17) is 12.2 Å². The Morgan fingerprint density at radius 3 is 2.83 bits per heavy atom. The number of nitrogens with one attached hydrogen (secondary N) is 1. The fourth-order valence-electron chi connectivity index (χ4n) is 1.70. The summed E-state index contributed by atoms with van der Waals surface area (Å²) >= 11 is 5.05. The number of nitrogens with zero attached hydrogens (tertiary/aromatic N) is 3. The fraction of sp³-hybridized carbons (Fsp3) is 0.857. The first-order valence-electron chi connectivity index (χ1n) is 4.29. The van der Waals surface area contributed by atoms with Crippen LogP contribution in [0.5, 0.6) is 0 Å². The van der Waals surface area contributed by atoms with Gasteiger partial charge in [-0.05, 0) is 31.5 Å². The van der Waals surface area contributed by atoms with E-state index < -0.39 is 0 Å². The molecule has 1 saturated carbocycles. The quantitative estimate of drug-likeness (QED) is 0.726. The lowest BCUT2D eigenvalue weighted by Gasteiger charge is -2.13. The van der Waals surface area contributed by atoms with Crippen molar-refractivity contribution in [1.29, 1.82) is 0 Å². The highest BCUT2D eigenvalue weighted by atomic mass is 32.1. The standard InChI is InChI=1S/C7H12N4S/c1-2-3-7(4-5-7)11-6(12)8-9-10-11/h2-5H2,1H3,(H,8,10,12). The zero-order chi connectivity index (χ0) is 8.60. The molecular formula is C7H12N4S. The molecule has 0 amide bonds. The Morgan fingerprint density at radius 1 is 1.67 bits per heavy atom. The van der Waals surface area contributed by atoms with Crippen molar-refractivity contribution in [2.75, 3.05) is 0 Å². The number of hydrogen-bond donors (Lipinski definition) is 1. The number of aromatic amines is 1. The molecule has 12 heavy (non-hydrogen) atoms. The predicted molar refractivity (Wildman–Crippen MR) is 47.3 cm³/mol. The van der Waals surface area contributed by atoms with Gasteiger partial charge in [-0.3, -0.25) is 0 Å². The van der Waals surface area contributed by atoms with Crippen molar-refractivity contribution in [2.45, 2.75) is 38.1 Å². The number of hydrogen-bond acceptors (Lipinski definition) is 3. The van der Waals surface area contributed by atoms with Crippen LogP contribution in [0.3, 0.4) is 0 Å². The molecule has 0 spiro atoms. The Balaban J connectivity index is 2.30. The topological polar surface area (TPSA) is 46.5 Å². The van der Waals surface area contributed by atoms with Gasteiger partial charge < -0.3 is 0 Å². The van der Waals surface area contributed by atoms with Crippen LogP contribution in [0, 0.1) is 4.77 Å². The molecule has 0 radical (unpaired) electrons.